The fourth-order valence-electron chi connectivity index (χ4n) is 2.79. The van der Waals surface area contributed by atoms with Crippen LogP contribution in [-0.4, -0.2) is 52.6 Å². The number of hydrogen-bond acceptors (Lipinski definition) is 4. The van der Waals surface area contributed by atoms with Crippen LogP contribution in [0.5, 0.6) is 0 Å². The predicted molar refractivity (Wildman–Crippen MR) is 112 cm³/mol. The molecule has 1 aliphatic rings. The number of aliphatic hydroxyl groups is 1. The van der Waals surface area contributed by atoms with Crippen molar-refractivity contribution in [2.24, 2.45) is 4.99 Å². The molecule has 25 heavy (non-hydrogen) atoms. The molecule has 1 fully saturated rings. The van der Waals surface area contributed by atoms with Crippen molar-refractivity contribution < 1.29 is 5.11 Å². The fraction of sp³-hybridized carbons (Fsp3) is 0.632. The Balaban J connectivity index is 1.83. The van der Waals surface area contributed by atoms with E-state index in [4.69, 9.17) is 0 Å². The molecule has 0 saturated heterocycles. The number of hydrogen-bond donors (Lipinski definition) is 3. The van der Waals surface area contributed by atoms with E-state index in [1.54, 1.807) is 0 Å². The van der Waals surface area contributed by atoms with Crippen LogP contribution in [0.1, 0.15) is 33.6 Å². The zero-order valence-corrected chi connectivity index (χ0v) is 17.1. The van der Waals surface area contributed by atoms with Gasteiger partial charge in [-0.1, -0.05) is 32.0 Å². The quantitative estimate of drug-likeness (QED) is 0.348. The largest absolute Gasteiger partial charge is 0.387 e. The maximum Gasteiger partial charge on any atom is 0.191 e. The first-order valence-corrected chi connectivity index (χ1v) is 11.1. The van der Waals surface area contributed by atoms with Gasteiger partial charge in [0.05, 0.1) is 12.1 Å². The van der Waals surface area contributed by atoms with Crippen molar-refractivity contribution in [3.63, 3.8) is 0 Å². The zero-order chi connectivity index (χ0) is 18.1. The van der Waals surface area contributed by atoms with E-state index in [0.717, 1.165) is 37.6 Å². The minimum Gasteiger partial charge on any atom is -0.387 e. The van der Waals surface area contributed by atoms with Crippen LogP contribution >= 0.6 is 23.5 Å². The highest BCUT2D eigenvalue weighted by Gasteiger charge is 2.45. The van der Waals surface area contributed by atoms with Crippen molar-refractivity contribution >= 4 is 29.5 Å². The SMILES string of the molecule is CCNC(=NCC1(O)CCC1SCC)NCC(C)Sc1ccccc1. The molecular formula is C19H31N3OS2. The summed E-state index contributed by atoms with van der Waals surface area (Å²) in [5.74, 6) is 1.84. The minimum atomic E-state index is -0.632. The molecule has 0 spiro atoms. The van der Waals surface area contributed by atoms with Crippen LogP contribution in [0.4, 0.5) is 0 Å². The lowest BCUT2D eigenvalue weighted by Crippen LogP contribution is -2.53. The Hall–Kier alpha value is -0.850. The second-order valence-electron chi connectivity index (χ2n) is 6.40. The van der Waals surface area contributed by atoms with Gasteiger partial charge in [0.2, 0.25) is 0 Å². The number of aliphatic imine (C=N–C) groups is 1. The standard InChI is InChI=1S/C19H31N3OS2/c1-4-20-18(22-14-19(23)12-11-17(19)24-5-2)21-13-15(3)25-16-9-7-6-8-10-16/h6-10,15,17,23H,4-5,11-14H2,1-3H3,(H2,20,21,22). The summed E-state index contributed by atoms with van der Waals surface area (Å²) in [6, 6.07) is 10.4. The zero-order valence-electron chi connectivity index (χ0n) is 15.5. The van der Waals surface area contributed by atoms with E-state index >= 15 is 0 Å². The van der Waals surface area contributed by atoms with Crippen molar-refractivity contribution in [2.45, 2.75) is 54.6 Å². The highest BCUT2D eigenvalue weighted by molar-refractivity contribution is 8.00. The Bertz CT molecular complexity index is 541. The average Bonchev–Trinajstić information content (AvgIpc) is 2.61. The van der Waals surface area contributed by atoms with E-state index in [-0.39, 0.29) is 0 Å². The average molecular weight is 382 g/mol. The number of thioether (sulfide) groups is 2. The molecule has 1 aromatic carbocycles. The van der Waals surface area contributed by atoms with Crippen LogP contribution < -0.4 is 10.6 Å². The molecule has 0 heterocycles. The molecule has 2 rings (SSSR count). The third-order valence-corrected chi connectivity index (χ3v) is 6.82. The van der Waals surface area contributed by atoms with Gasteiger partial charge in [-0.3, -0.25) is 4.99 Å². The Morgan fingerprint density at radius 1 is 1.32 bits per heavy atom. The van der Waals surface area contributed by atoms with Crippen LogP contribution in [0, 0.1) is 0 Å². The summed E-state index contributed by atoms with van der Waals surface area (Å²) in [5.41, 5.74) is -0.632. The van der Waals surface area contributed by atoms with Gasteiger partial charge >= 0.3 is 0 Å². The van der Waals surface area contributed by atoms with Gasteiger partial charge in [0.15, 0.2) is 5.96 Å². The van der Waals surface area contributed by atoms with Crippen molar-refractivity contribution in [3.8, 4) is 0 Å². The molecule has 3 atom stereocenters. The van der Waals surface area contributed by atoms with Gasteiger partial charge in [-0.25, -0.2) is 0 Å². The monoisotopic (exact) mass is 381 g/mol. The van der Waals surface area contributed by atoms with Gasteiger partial charge in [-0.15, -0.1) is 11.8 Å². The highest BCUT2D eigenvalue weighted by Crippen LogP contribution is 2.41. The lowest BCUT2D eigenvalue weighted by molar-refractivity contribution is -0.0154. The van der Waals surface area contributed by atoms with Gasteiger partial charge in [-0.05, 0) is 37.7 Å². The Morgan fingerprint density at radius 2 is 2.08 bits per heavy atom. The first kappa shape index (κ1) is 20.5. The maximum absolute atomic E-state index is 10.7. The minimum absolute atomic E-state index is 0.330. The van der Waals surface area contributed by atoms with Gasteiger partial charge < -0.3 is 15.7 Å². The Morgan fingerprint density at radius 3 is 2.68 bits per heavy atom. The second kappa shape index (κ2) is 10.3. The summed E-state index contributed by atoms with van der Waals surface area (Å²) >= 11 is 3.70. The van der Waals surface area contributed by atoms with E-state index in [9.17, 15) is 5.11 Å². The lowest BCUT2D eigenvalue weighted by atomic mass is 9.79. The number of nitrogens with zero attached hydrogens (tertiary/aromatic N) is 1. The first-order chi connectivity index (χ1) is 12.1. The topological polar surface area (TPSA) is 56.7 Å². The van der Waals surface area contributed by atoms with Crippen LogP contribution in [0.15, 0.2) is 40.2 Å². The first-order valence-electron chi connectivity index (χ1n) is 9.15. The molecular weight excluding hydrogens is 350 g/mol. The van der Waals surface area contributed by atoms with Crippen LogP contribution in [0.3, 0.4) is 0 Å². The van der Waals surface area contributed by atoms with Crippen LogP contribution in [0.25, 0.3) is 0 Å². The molecule has 1 saturated carbocycles. The molecule has 6 heteroatoms. The summed E-state index contributed by atoms with van der Waals surface area (Å²) in [7, 11) is 0. The second-order valence-corrected chi connectivity index (χ2v) is 9.40. The van der Waals surface area contributed by atoms with Gasteiger partial charge in [-0.2, -0.15) is 11.8 Å². The van der Waals surface area contributed by atoms with E-state index in [1.165, 1.54) is 4.90 Å². The lowest BCUT2D eigenvalue weighted by Gasteiger charge is -2.44. The van der Waals surface area contributed by atoms with E-state index in [1.807, 2.05) is 29.6 Å². The third kappa shape index (κ3) is 6.42. The van der Waals surface area contributed by atoms with Crippen LogP contribution in [-0.2, 0) is 0 Å². The highest BCUT2D eigenvalue weighted by atomic mass is 32.2. The fourth-order valence-corrected chi connectivity index (χ4v) is 4.92. The summed E-state index contributed by atoms with van der Waals surface area (Å²) in [6.45, 7) is 8.54. The summed E-state index contributed by atoms with van der Waals surface area (Å²) in [4.78, 5) is 5.92. The number of guanidine groups is 1. The molecule has 0 aromatic heterocycles. The normalized spacial score (nSPS) is 24.5. The molecule has 0 radical (unpaired) electrons. The molecule has 3 N–H and O–H groups in total. The van der Waals surface area contributed by atoms with Crippen molar-refractivity contribution in [2.75, 3.05) is 25.4 Å². The summed E-state index contributed by atoms with van der Waals surface area (Å²) in [6.07, 6.45) is 1.95. The Kier molecular flexibility index (Phi) is 8.46. The summed E-state index contributed by atoms with van der Waals surface area (Å²) in [5, 5.41) is 18.2. The van der Waals surface area contributed by atoms with E-state index in [0.29, 0.717) is 17.0 Å². The van der Waals surface area contributed by atoms with Gasteiger partial charge in [0, 0.05) is 28.5 Å². The van der Waals surface area contributed by atoms with Crippen molar-refractivity contribution in [1.29, 1.82) is 0 Å². The molecule has 3 unspecified atom stereocenters. The predicted octanol–water partition coefficient (Wildman–Crippen LogP) is 3.37. The van der Waals surface area contributed by atoms with E-state index < -0.39 is 5.60 Å². The van der Waals surface area contributed by atoms with Gasteiger partial charge in [0.25, 0.3) is 0 Å². The van der Waals surface area contributed by atoms with Crippen molar-refractivity contribution in [3.05, 3.63) is 30.3 Å². The molecule has 1 aromatic rings. The molecule has 4 nitrogen and oxygen atoms in total. The van der Waals surface area contributed by atoms with Gasteiger partial charge in [0.1, 0.15) is 0 Å². The van der Waals surface area contributed by atoms with Crippen LogP contribution in [0.2, 0.25) is 0 Å². The number of nitrogens with one attached hydrogen (secondary N) is 2. The number of benzene rings is 1. The molecule has 0 amide bonds. The van der Waals surface area contributed by atoms with E-state index in [2.05, 4.69) is 60.7 Å². The van der Waals surface area contributed by atoms with Crippen molar-refractivity contribution in [1.82, 2.24) is 10.6 Å². The molecule has 0 aliphatic heterocycles. The molecule has 0 bridgehead atoms. The number of rotatable bonds is 9. The molecule has 140 valence electrons. The summed E-state index contributed by atoms with van der Waals surface area (Å²) < 4.78 is 0. The smallest absolute Gasteiger partial charge is 0.191 e. The molecule has 1 aliphatic carbocycles. The maximum atomic E-state index is 10.7. The third-order valence-electron chi connectivity index (χ3n) is 4.30. The Labute approximate surface area is 160 Å².